The first-order valence-electron chi connectivity index (χ1n) is 8.12. The Morgan fingerprint density at radius 1 is 1.36 bits per heavy atom. The Morgan fingerprint density at radius 2 is 2.16 bits per heavy atom. The van der Waals surface area contributed by atoms with Crippen molar-refractivity contribution >= 4 is 17.7 Å². The molecule has 8 nitrogen and oxygen atoms in total. The van der Waals surface area contributed by atoms with E-state index in [0.717, 1.165) is 5.56 Å². The van der Waals surface area contributed by atoms with Crippen molar-refractivity contribution in [3.8, 4) is 11.4 Å². The summed E-state index contributed by atoms with van der Waals surface area (Å²) in [6, 6.07) is 6.82. The Kier molecular flexibility index (Phi) is 4.69. The number of aryl methyl sites for hydroxylation is 1. The van der Waals surface area contributed by atoms with Gasteiger partial charge in [-0.25, -0.2) is 4.79 Å². The van der Waals surface area contributed by atoms with Crippen LogP contribution in [0.15, 0.2) is 28.8 Å². The number of carbonyl (C=O) groups excluding carboxylic acids is 1. The summed E-state index contributed by atoms with van der Waals surface area (Å²) >= 11 is 0. The number of hydrogen-bond acceptors (Lipinski definition) is 5. The summed E-state index contributed by atoms with van der Waals surface area (Å²) in [6.07, 6.45) is 0.589. The van der Waals surface area contributed by atoms with Crippen LogP contribution in [-0.2, 0) is 4.79 Å². The number of carboxylic acids is 1. The minimum atomic E-state index is -0.862. The highest BCUT2D eigenvalue weighted by Gasteiger charge is 2.31. The number of aliphatic carboxylic acids is 1. The molecular formula is C17H20N4O4. The molecule has 2 aromatic rings. The number of urea groups is 1. The van der Waals surface area contributed by atoms with Gasteiger partial charge in [-0.3, -0.25) is 4.79 Å². The number of rotatable bonds is 3. The monoisotopic (exact) mass is 344 g/mol. The van der Waals surface area contributed by atoms with E-state index in [9.17, 15) is 14.7 Å². The fourth-order valence-corrected chi connectivity index (χ4v) is 3.05. The second-order valence-electron chi connectivity index (χ2n) is 6.43. The molecule has 2 N–H and O–H groups in total. The molecule has 0 radical (unpaired) electrons. The Labute approximate surface area is 144 Å². The molecule has 8 heteroatoms. The summed E-state index contributed by atoms with van der Waals surface area (Å²) < 4.78 is 4.97. The van der Waals surface area contributed by atoms with Crippen LogP contribution in [0.3, 0.4) is 0 Å². The molecule has 25 heavy (non-hydrogen) atoms. The Morgan fingerprint density at radius 3 is 2.84 bits per heavy atom. The maximum absolute atomic E-state index is 12.5. The zero-order valence-electron chi connectivity index (χ0n) is 14.1. The van der Waals surface area contributed by atoms with Crippen LogP contribution in [0, 0.1) is 18.8 Å². The summed E-state index contributed by atoms with van der Waals surface area (Å²) in [5.41, 5.74) is 1.32. The topological polar surface area (TPSA) is 109 Å². The van der Waals surface area contributed by atoms with Crippen molar-refractivity contribution in [2.75, 3.05) is 18.4 Å². The number of anilines is 1. The van der Waals surface area contributed by atoms with Crippen molar-refractivity contribution in [3.63, 3.8) is 0 Å². The molecule has 0 spiro atoms. The normalized spacial score (nSPS) is 20.3. The zero-order valence-corrected chi connectivity index (χ0v) is 14.1. The van der Waals surface area contributed by atoms with Crippen LogP contribution in [-0.4, -0.2) is 45.2 Å². The number of aromatic nitrogens is 2. The van der Waals surface area contributed by atoms with Crippen molar-refractivity contribution < 1.29 is 19.2 Å². The molecule has 0 bridgehead atoms. The minimum Gasteiger partial charge on any atom is -0.481 e. The number of hydrogen-bond donors (Lipinski definition) is 2. The Bertz CT molecular complexity index is 788. The Balaban J connectivity index is 1.71. The summed E-state index contributed by atoms with van der Waals surface area (Å²) in [7, 11) is 0. The standard InChI is InChI=1S/C17H20N4O4/c1-10-6-13(16(22)23)9-21(8-10)17(24)19-14-5-3-4-12(7-14)15-18-11(2)25-20-15/h3-5,7,10,13H,6,8-9H2,1-2H3,(H,19,24)(H,22,23). The molecule has 1 fully saturated rings. The fraction of sp³-hybridized carbons (Fsp3) is 0.412. The van der Waals surface area contributed by atoms with Crippen molar-refractivity contribution in [1.82, 2.24) is 15.0 Å². The molecule has 2 heterocycles. The first-order valence-corrected chi connectivity index (χ1v) is 8.12. The van der Waals surface area contributed by atoms with E-state index < -0.39 is 11.9 Å². The maximum Gasteiger partial charge on any atom is 0.321 e. The van der Waals surface area contributed by atoms with Gasteiger partial charge in [0.1, 0.15) is 0 Å². The van der Waals surface area contributed by atoms with Gasteiger partial charge in [-0.15, -0.1) is 0 Å². The van der Waals surface area contributed by atoms with Crippen molar-refractivity contribution in [3.05, 3.63) is 30.2 Å². The van der Waals surface area contributed by atoms with E-state index in [-0.39, 0.29) is 18.5 Å². The average molecular weight is 344 g/mol. The molecule has 3 rings (SSSR count). The molecule has 1 aromatic heterocycles. The quantitative estimate of drug-likeness (QED) is 0.886. The van der Waals surface area contributed by atoms with Crippen LogP contribution in [0.1, 0.15) is 19.2 Å². The van der Waals surface area contributed by atoms with E-state index in [1.165, 1.54) is 0 Å². The Hall–Kier alpha value is -2.90. The summed E-state index contributed by atoms with van der Waals surface area (Å²) in [4.78, 5) is 29.5. The van der Waals surface area contributed by atoms with Gasteiger partial charge in [0.15, 0.2) is 0 Å². The van der Waals surface area contributed by atoms with Crippen LogP contribution in [0.4, 0.5) is 10.5 Å². The number of carboxylic acid groups (broad SMARTS) is 1. The highest BCUT2D eigenvalue weighted by Crippen LogP contribution is 2.24. The van der Waals surface area contributed by atoms with Crippen molar-refractivity contribution in [1.29, 1.82) is 0 Å². The SMILES string of the molecule is Cc1nc(-c2cccc(NC(=O)N3CC(C)CC(C(=O)O)C3)c2)no1. The number of amides is 2. The van der Waals surface area contributed by atoms with Crippen LogP contribution < -0.4 is 5.32 Å². The van der Waals surface area contributed by atoms with Gasteiger partial charge in [0.25, 0.3) is 0 Å². The van der Waals surface area contributed by atoms with Crippen LogP contribution in [0.2, 0.25) is 0 Å². The number of nitrogens with zero attached hydrogens (tertiary/aromatic N) is 3. The molecule has 2 atom stereocenters. The van der Waals surface area contributed by atoms with Gasteiger partial charge in [-0.05, 0) is 24.5 Å². The van der Waals surface area contributed by atoms with E-state index in [0.29, 0.717) is 30.4 Å². The first kappa shape index (κ1) is 16.9. The smallest absolute Gasteiger partial charge is 0.321 e. The number of likely N-dealkylation sites (tertiary alicyclic amines) is 1. The highest BCUT2D eigenvalue weighted by atomic mass is 16.5. The second kappa shape index (κ2) is 6.92. The fourth-order valence-electron chi connectivity index (χ4n) is 3.05. The van der Waals surface area contributed by atoms with E-state index in [1.807, 2.05) is 13.0 Å². The molecule has 1 aromatic carbocycles. The molecule has 2 amide bonds. The average Bonchev–Trinajstić information content (AvgIpc) is 3.01. The molecule has 0 saturated carbocycles. The van der Waals surface area contributed by atoms with E-state index in [2.05, 4.69) is 15.5 Å². The van der Waals surface area contributed by atoms with E-state index >= 15 is 0 Å². The highest BCUT2D eigenvalue weighted by molar-refractivity contribution is 5.90. The third kappa shape index (κ3) is 3.96. The zero-order chi connectivity index (χ0) is 18.0. The van der Waals surface area contributed by atoms with Crippen molar-refractivity contribution in [2.24, 2.45) is 11.8 Å². The van der Waals surface area contributed by atoms with Gasteiger partial charge < -0.3 is 19.8 Å². The van der Waals surface area contributed by atoms with Gasteiger partial charge >= 0.3 is 12.0 Å². The first-order chi connectivity index (χ1) is 11.9. The lowest BCUT2D eigenvalue weighted by Crippen LogP contribution is -2.47. The lowest BCUT2D eigenvalue weighted by molar-refractivity contribution is -0.143. The molecule has 0 aliphatic carbocycles. The van der Waals surface area contributed by atoms with Crippen LogP contribution in [0.5, 0.6) is 0 Å². The molecular weight excluding hydrogens is 324 g/mol. The summed E-state index contributed by atoms with van der Waals surface area (Å²) in [5, 5.41) is 15.9. The third-order valence-corrected chi connectivity index (χ3v) is 4.20. The largest absolute Gasteiger partial charge is 0.481 e. The van der Waals surface area contributed by atoms with E-state index in [1.54, 1.807) is 30.0 Å². The molecule has 1 aliphatic heterocycles. The van der Waals surface area contributed by atoms with Gasteiger partial charge in [0.05, 0.1) is 5.92 Å². The number of piperidine rings is 1. The lowest BCUT2D eigenvalue weighted by atomic mass is 9.91. The van der Waals surface area contributed by atoms with Crippen LogP contribution in [0.25, 0.3) is 11.4 Å². The van der Waals surface area contributed by atoms with Crippen molar-refractivity contribution in [2.45, 2.75) is 20.3 Å². The minimum absolute atomic E-state index is 0.147. The van der Waals surface area contributed by atoms with Gasteiger partial charge in [-0.1, -0.05) is 24.2 Å². The molecule has 2 unspecified atom stereocenters. The number of nitrogens with one attached hydrogen (secondary N) is 1. The number of benzene rings is 1. The maximum atomic E-state index is 12.5. The predicted octanol–water partition coefficient (Wildman–Crippen LogP) is 2.62. The predicted molar refractivity (Wildman–Crippen MR) is 90.0 cm³/mol. The van der Waals surface area contributed by atoms with Crippen LogP contribution >= 0.6 is 0 Å². The summed E-state index contributed by atoms with van der Waals surface area (Å²) in [6.45, 7) is 4.42. The number of carbonyl (C=O) groups is 2. The van der Waals surface area contributed by atoms with Gasteiger partial charge in [0, 0.05) is 31.3 Å². The summed E-state index contributed by atoms with van der Waals surface area (Å²) in [5.74, 6) is -0.325. The van der Waals surface area contributed by atoms with Gasteiger partial charge in [0.2, 0.25) is 11.7 Å². The molecule has 1 saturated heterocycles. The third-order valence-electron chi connectivity index (χ3n) is 4.20. The molecule has 132 valence electrons. The lowest BCUT2D eigenvalue weighted by Gasteiger charge is -2.34. The van der Waals surface area contributed by atoms with E-state index in [4.69, 9.17) is 4.52 Å². The molecule has 1 aliphatic rings. The second-order valence-corrected chi connectivity index (χ2v) is 6.43. The van der Waals surface area contributed by atoms with Gasteiger partial charge in [-0.2, -0.15) is 4.98 Å².